The molecule has 4 nitrogen and oxygen atoms in total. The zero-order valence-electron chi connectivity index (χ0n) is 27.0. The van der Waals surface area contributed by atoms with Gasteiger partial charge in [0.05, 0.1) is 18.2 Å². The van der Waals surface area contributed by atoms with Crippen LogP contribution in [0.25, 0.3) is 64.8 Å². The van der Waals surface area contributed by atoms with Gasteiger partial charge in [0.25, 0.3) is 0 Å². The summed E-state index contributed by atoms with van der Waals surface area (Å²) in [5, 5.41) is 4.31. The van der Waals surface area contributed by atoms with E-state index >= 15 is 0 Å². The van der Waals surface area contributed by atoms with Crippen molar-refractivity contribution in [2.24, 2.45) is 0 Å². The van der Waals surface area contributed by atoms with Crippen LogP contribution in [0.2, 0.25) is 0 Å². The molecule has 9 rings (SSSR count). The molecule has 0 saturated heterocycles. The maximum absolute atomic E-state index is 8.76. The molecule has 0 bridgehead atoms. The molecule has 0 saturated carbocycles. The zero-order valence-corrected chi connectivity index (χ0v) is 22.8. The summed E-state index contributed by atoms with van der Waals surface area (Å²) < 4.78 is 44.7. The topological polar surface area (TPSA) is 41.9 Å². The molecule has 0 unspecified atom stereocenters. The third-order valence-corrected chi connectivity index (χ3v) is 8.89. The average molecular weight is 560 g/mol. The van der Waals surface area contributed by atoms with Crippen molar-refractivity contribution in [2.75, 3.05) is 4.90 Å². The predicted octanol–water partition coefficient (Wildman–Crippen LogP) is 10.2. The van der Waals surface area contributed by atoms with Gasteiger partial charge in [-0.1, -0.05) is 96.9 Å². The van der Waals surface area contributed by atoms with Crippen LogP contribution in [0.1, 0.15) is 6.85 Å². The van der Waals surface area contributed by atoms with Gasteiger partial charge in [-0.2, -0.15) is 9.97 Å². The Morgan fingerprint density at radius 1 is 0.571 bits per heavy atom. The van der Waals surface area contributed by atoms with Crippen LogP contribution in [0, 0.1) is 0 Å². The zero-order chi connectivity index (χ0) is 32.0. The van der Waals surface area contributed by atoms with E-state index in [-0.39, 0.29) is 29.4 Å². The van der Waals surface area contributed by atoms with Gasteiger partial charge in [-0.25, -0.2) is 4.98 Å². The van der Waals surface area contributed by atoms with Gasteiger partial charge in [0.15, 0.2) is 11.6 Å². The molecular formula is C37H22N4S. The van der Waals surface area contributed by atoms with E-state index in [1.807, 2.05) is 53.4 Å². The molecule has 196 valence electrons. The Balaban J connectivity index is 1.36. The van der Waals surface area contributed by atoms with Gasteiger partial charge >= 0.3 is 0 Å². The molecule has 8 aromatic rings. The van der Waals surface area contributed by atoms with Gasteiger partial charge in [-0.05, 0) is 47.3 Å². The second-order valence-corrected chi connectivity index (χ2v) is 11.2. The molecule has 5 heteroatoms. The van der Waals surface area contributed by atoms with E-state index in [0.29, 0.717) is 5.82 Å². The Hall–Kier alpha value is -5.39. The maximum Gasteiger partial charge on any atom is 0.238 e. The molecule has 0 aliphatic carbocycles. The average Bonchev–Trinajstić information content (AvgIpc) is 3.48. The van der Waals surface area contributed by atoms with Crippen LogP contribution in [-0.2, 0) is 0 Å². The highest BCUT2D eigenvalue weighted by atomic mass is 32.1. The molecule has 0 amide bonds. The first-order valence-corrected chi connectivity index (χ1v) is 14.4. The summed E-state index contributed by atoms with van der Waals surface area (Å²) in [5.41, 5.74) is 4.49. The van der Waals surface area contributed by atoms with E-state index in [2.05, 4.69) is 54.6 Å². The molecule has 0 atom stereocenters. The molecule has 3 heterocycles. The number of nitrogens with zero attached hydrogens (tertiary/aromatic N) is 4. The SMILES string of the molecule is [2H]c1c([2H])c([2H])c(-c2nc(-c3ccc4sc5ccccc5c4c3)nc(N3c4ccccc4-c4cccc5cccc3c45)n2)c([2H])c1[2H]. The van der Waals surface area contributed by atoms with Crippen LogP contribution in [-0.4, -0.2) is 15.0 Å². The van der Waals surface area contributed by atoms with Crippen molar-refractivity contribution in [3.8, 4) is 33.9 Å². The van der Waals surface area contributed by atoms with Crippen molar-refractivity contribution < 1.29 is 6.85 Å². The molecule has 0 fully saturated rings. The summed E-state index contributed by atoms with van der Waals surface area (Å²) in [6.07, 6.45) is 0. The lowest BCUT2D eigenvalue weighted by Gasteiger charge is -2.32. The van der Waals surface area contributed by atoms with Gasteiger partial charge in [-0.3, -0.25) is 4.90 Å². The van der Waals surface area contributed by atoms with Gasteiger partial charge < -0.3 is 0 Å². The summed E-state index contributed by atoms with van der Waals surface area (Å²) in [4.78, 5) is 16.7. The fourth-order valence-electron chi connectivity index (χ4n) is 5.91. The van der Waals surface area contributed by atoms with E-state index in [4.69, 9.17) is 21.8 Å². The molecule has 0 N–H and O–H groups in total. The summed E-state index contributed by atoms with van der Waals surface area (Å²) in [6.45, 7) is 0. The summed E-state index contributed by atoms with van der Waals surface area (Å²) >= 11 is 1.71. The molecule has 0 radical (unpaired) electrons. The number of aromatic nitrogens is 3. The number of benzene rings is 6. The molecule has 0 spiro atoms. The Morgan fingerprint density at radius 2 is 1.29 bits per heavy atom. The van der Waals surface area contributed by atoms with Crippen LogP contribution in [0.15, 0.2) is 133 Å². The van der Waals surface area contributed by atoms with Gasteiger partial charge in [-0.15, -0.1) is 11.3 Å². The Kier molecular flexibility index (Phi) is 4.07. The highest BCUT2D eigenvalue weighted by Gasteiger charge is 2.28. The van der Waals surface area contributed by atoms with E-state index < -0.39 is 18.1 Å². The summed E-state index contributed by atoms with van der Waals surface area (Å²) in [6, 6.07) is 32.6. The highest BCUT2D eigenvalue weighted by Crippen LogP contribution is 2.50. The minimum absolute atomic E-state index is 0.000730. The Labute approximate surface area is 253 Å². The lowest BCUT2D eigenvalue weighted by Crippen LogP contribution is -2.18. The summed E-state index contributed by atoms with van der Waals surface area (Å²) in [7, 11) is 0. The van der Waals surface area contributed by atoms with E-state index in [9.17, 15) is 0 Å². The Bertz CT molecular complexity index is 2580. The quantitative estimate of drug-likeness (QED) is 0.216. The first kappa shape index (κ1) is 18.9. The number of anilines is 3. The molecule has 1 aliphatic rings. The molecule has 6 aromatic carbocycles. The van der Waals surface area contributed by atoms with E-state index in [0.717, 1.165) is 54.3 Å². The second-order valence-electron chi connectivity index (χ2n) is 10.1. The van der Waals surface area contributed by atoms with E-state index in [1.165, 1.54) is 4.70 Å². The number of thiophene rings is 1. The summed E-state index contributed by atoms with van der Waals surface area (Å²) in [5.74, 6) is 0.611. The fraction of sp³-hybridized carbons (Fsp3) is 0. The van der Waals surface area contributed by atoms with Gasteiger partial charge in [0.2, 0.25) is 5.95 Å². The fourth-order valence-corrected chi connectivity index (χ4v) is 6.99. The number of hydrogen-bond acceptors (Lipinski definition) is 5. The van der Waals surface area contributed by atoms with Gasteiger partial charge in [0.1, 0.15) is 0 Å². The lowest BCUT2D eigenvalue weighted by molar-refractivity contribution is 1.02. The second kappa shape index (κ2) is 9.06. The van der Waals surface area contributed by atoms with Crippen LogP contribution in [0.4, 0.5) is 17.3 Å². The Morgan fingerprint density at radius 3 is 2.19 bits per heavy atom. The lowest BCUT2D eigenvalue weighted by atomic mass is 9.91. The van der Waals surface area contributed by atoms with E-state index in [1.54, 1.807) is 11.3 Å². The van der Waals surface area contributed by atoms with Crippen LogP contribution in [0.5, 0.6) is 0 Å². The number of para-hydroxylation sites is 1. The molecule has 2 aromatic heterocycles. The van der Waals surface area contributed by atoms with Crippen molar-refractivity contribution in [2.45, 2.75) is 0 Å². The number of fused-ring (bicyclic) bond motifs is 5. The normalized spacial score (nSPS) is 13.9. The maximum atomic E-state index is 8.76. The van der Waals surface area contributed by atoms with Crippen LogP contribution >= 0.6 is 11.3 Å². The minimum atomic E-state index is -0.471. The smallest absolute Gasteiger partial charge is 0.238 e. The highest BCUT2D eigenvalue weighted by molar-refractivity contribution is 7.25. The first-order chi connectivity index (χ1) is 22.9. The molecule has 42 heavy (non-hydrogen) atoms. The third kappa shape index (κ3) is 3.51. The first-order valence-electron chi connectivity index (χ1n) is 16.1. The van der Waals surface area contributed by atoms with Crippen LogP contribution < -0.4 is 4.90 Å². The molecule has 1 aliphatic heterocycles. The number of rotatable bonds is 3. The van der Waals surface area contributed by atoms with Gasteiger partial charge in [0, 0.05) is 42.2 Å². The molecular weight excluding hydrogens is 533 g/mol. The number of hydrogen-bond donors (Lipinski definition) is 0. The predicted molar refractivity (Wildman–Crippen MR) is 175 cm³/mol. The van der Waals surface area contributed by atoms with Crippen molar-refractivity contribution in [3.05, 3.63) is 133 Å². The standard InChI is InChI=1S/C37H22N4S/c1-2-10-24(11-3-1)35-38-36(25-20-21-33-29(22-25)27-15-5-7-19-32(27)42-33)40-37(39-35)41-30-17-6-4-14-26(30)28-16-8-12-23-13-9-18-31(41)34(23)28/h1-22H/i1D,2D,3D,10D,11D. The van der Waals surface area contributed by atoms with Crippen molar-refractivity contribution >= 4 is 59.6 Å². The van der Waals surface area contributed by atoms with Crippen molar-refractivity contribution in [3.63, 3.8) is 0 Å². The largest absolute Gasteiger partial charge is 0.278 e. The minimum Gasteiger partial charge on any atom is -0.278 e. The monoisotopic (exact) mass is 559 g/mol. The third-order valence-electron chi connectivity index (χ3n) is 7.74. The van der Waals surface area contributed by atoms with Crippen molar-refractivity contribution in [1.29, 1.82) is 0 Å². The van der Waals surface area contributed by atoms with Crippen molar-refractivity contribution in [1.82, 2.24) is 15.0 Å². The van der Waals surface area contributed by atoms with Crippen LogP contribution in [0.3, 0.4) is 0 Å².